The molecule has 0 spiro atoms. The van der Waals surface area contributed by atoms with Gasteiger partial charge in [0.25, 0.3) is 0 Å². The standard InChI is InChI=1S/C20H24N2O2/c1-22(2)18-10-4-15(5-11-18)14-21-17-8-6-16(7-9-17)20(19(23)24)12-3-13-20/h4-11,21H,3,12-14H2,1-2H3,(H,23,24). The molecule has 2 aromatic rings. The Morgan fingerprint density at radius 1 is 1.08 bits per heavy atom. The zero-order valence-electron chi connectivity index (χ0n) is 14.2. The van der Waals surface area contributed by atoms with Crippen LogP contribution in [-0.2, 0) is 16.8 Å². The normalized spacial score (nSPS) is 15.4. The minimum Gasteiger partial charge on any atom is -0.481 e. The number of nitrogens with zero attached hydrogens (tertiary/aromatic N) is 1. The summed E-state index contributed by atoms with van der Waals surface area (Å²) in [4.78, 5) is 13.6. The summed E-state index contributed by atoms with van der Waals surface area (Å²) in [6.45, 7) is 0.747. The molecule has 0 aliphatic heterocycles. The van der Waals surface area contributed by atoms with Crippen LogP contribution in [0.4, 0.5) is 11.4 Å². The molecule has 4 nitrogen and oxygen atoms in total. The maximum atomic E-state index is 11.6. The molecule has 0 amide bonds. The van der Waals surface area contributed by atoms with Crippen molar-refractivity contribution in [2.24, 2.45) is 0 Å². The smallest absolute Gasteiger partial charge is 0.314 e. The van der Waals surface area contributed by atoms with Crippen molar-refractivity contribution in [3.8, 4) is 0 Å². The first-order valence-corrected chi connectivity index (χ1v) is 8.35. The van der Waals surface area contributed by atoms with E-state index in [4.69, 9.17) is 0 Å². The summed E-state index contributed by atoms with van der Waals surface area (Å²) in [5.41, 5.74) is 3.67. The maximum Gasteiger partial charge on any atom is 0.314 e. The fraction of sp³-hybridized carbons (Fsp3) is 0.350. The third kappa shape index (κ3) is 3.09. The first-order valence-electron chi connectivity index (χ1n) is 8.35. The molecular formula is C20H24N2O2. The molecule has 1 aliphatic rings. The van der Waals surface area contributed by atoms with Gasteiger partial charge < -0.3 is 15.3 Å². The third-order valence-corrected chi connectivity index (χ3v) is 5.00. The number of carbonyl (C=O) groups is 1. The molecule has 2 N–H and O–H groups in total. The maximum absolute atomic E-state index is 11.6. The van der Waals surface area contributed by atoms with Gasteiger partial charge in [-0.1, -0.05) is 30.7 Å². The summed E-state index contributed by atoms with van der Waals surface area (Å²) >= 11 is 0. The minimum atomic E-state index is -0.699. The van der Waals surface area contributed by atoms with Crippen LogP contribution in [0, 0.1) is 0 Å². The number of carboxylic acids is 1. The number of carboxylic acid groups (broad SMARTS) is 1. The van der Waals surface area contributed by atoms with Crippen LogP contribution in [0.3, 0.4) is 0 Å². The van der Waals surface area contributed by atoms with Crippen LogP contribution in [0.15, 0.2) is 48.5 Å². The Labute approximate surface area is 143 Å². The molecule has 4 heteroatoms. The Morgan fingerprint density at radius 2 is 1.71 bits per heavy atom. The van der Waals surface area contributed by atoms with Gasteiger partial charge in [0, 0.05) is 32.0 Å². The topological polar surface area (TPSA) is 52.6 Å². The molecule has 1 aliphatic carbocycles. The van der Waals surface area contributed by atoms with Crippen LogP contribution in [0.1, 0.15) is 30.4 Å². The van der Waals surface area contributed by atoms with Crippen LogP contribution >= 0.6 is 0 Å². The number of nitrogens with one attached hydrogen (secondary N) is 1. The summed E-state index contributed by atoms with van der Waals surface area (Å²) in [5, 5.41) is 12.9. The van der Waals surface area contributed by atoms with Gasteiger partial charge in [0.2, 0.25) is 0 Å². The van der Waals surface area contributed by atoms with Crippen molar-refractivity contribution in [1.29, 1.82) is 0 Å². The molecule has 0 atom stereocenters. The van der Waals surface area contributed by atoms with Gasteiger partial charge in [0.15, 0.2) is 0 Å². The van der Waals surface area contributed by atoms with E-state index < -0.39 is 11.4 Å². The fourth-order valence-corrected chi connectivity index (χ4v) is 3.18. The number of benzene rings is 2. The van der Waals surface area contributed by atoms with Crippen LogP contribution < -0.4 is 10.2 Å². The first kappa shape index (κ1) is 16.4. The number of hydrogen-bond acceptors (Lipinski definition) is 3. The predicted octanol–water partition coefficient (Wildman–Crippen LogP) is 3.87. The fourth-order valence-electron chi connectivity index (χ4n) is 3.18. The number of aliphatic carboxylic acids is 1. The molecular weight excluding hydrogens is 300 g/mol. The van der Waals surface area contributed by atoms with E-state index in [1.807, 2.05) is 38.4 Å². The lowest BCUT2D eigenvalue weighted by Crippen LogP contribution is -2.42. The van der Waals surface area contributed by atoms with E-state index >= 15 is 0 Å². The molecule has 1 fully saturated rings. The molecule has 1 saturated carbocycles. The highest BCUT2D eigenvalue weighted by atomic mass is 16.4. The molecule has 0 radical (unpaired) electrons. The lowest BCUT2D eigenvalue weighted by Gasteiger charge is -2.38. The molecule has 3 rings (SSSR count). The van der Waals surface area contributed by atoms with Crippen molar-refractivity contribution in [3.63, 3.8) is 0 Å². The van der Waals surface area contributed by atoms with Gasteiger partial charge in [-0.3, -0.25) is 4.79 Å². The van der Waals surface area contributed by atoms with E-state index in [0.717, 1.165) is 37.1 Å². The van der Waals surface area contributed by atoms with E-state index in [9.17, 15) is 9.90 Å². The molecule has 0 saturated heterocycles. The van der Waals surface area contributed by atoms with E-state index in [0.29, 0.717) is 0 Å². The lowest BCUT2D eigenvalue weighted by atomic mass is 9.64. The van der Waals surface area contributed by atoms with E-state index in [-0.39, 0.29) is 0 Å². The zero-order valence-corrected chi connectivity index (χ0v) is 14.2. The zero-order chi connectivity index (χ0) is 17.2. The second-order valence-corrected chi connectivity index (χ2v) is 6.73. The van der Waals surface area contributed by atoms with Crippen LogP contribution in [0.2, 0.25) is 0 Å². The van der Waals surface area contributed by atoms with Crippen molar-refractivity contribution in [2.45, 2.75) is 31.2 Å². The molecule has 0 heterocycles. The van der Waals surface area contributed by atoms with Crippen molar-refractivity contribution >= 4 is 17.3 Å². The largest absolute Gasteiger partial charge is 0.481 e. The summed E-state index contributed by atoms with van der Waals surface area (Å²) in [6.07, 6.45) is 2.48. The average Bonchev–Trinajstić information content (AvgIpc) is 2.53. The van der Waals surface area contributed by atoms with Crippen LogP contribution in [0.5, 0.6) is 0 Å². The second kappa shape index (κ2) is 6.56. The Bertz CT molecular complexity index is 701. The highest BCUT2D eigenvalue weighted by molar-refractivity contribution is 5.82. The minimum absolute atomic E-state index is 0.652. The molecule has 2 aromatic carbocycles. The summed E-state index contributed by atoms with van der Waals surface area (Å²) in [6, 6.07) is 16.3. The first-order chi connectivity index (χ1) is 11.5. The van der Waals surface area contributed by atoms with Crippen molar-refractivity contribution < 1.29 is 9.90 Å². The molecule has 0 unspecified atom stereocenters. The number of hydrogen-bond donors (Lipinski definition) is 2. The quantitative estimate of drug-likeness (QED) is 0.847. The van der Waals surface area contributed by atoms with Gasteiger partial charge >= 0.3 is 5.97 Å². The summed E-state index contributed by atoms with van der Waals surface area (Å²) in [7, 11) is 4.06. The predicted molar refractivity (Wildman–Crippen MR) is 97.7 cm³/mol. The Morgan fingerprint density at radius 3 is 2.17 bits per heavy atom. The highest BCUT2D eigenvalue weighted by Gasteiger charge is 2.45. The van der Waals surface area contributed by atoms with Gasteiger partial charge in [-0.15, -0.1) is 0 Å². The van der Waals surface area contributed by atoms with Gasteiger partial charge in [-0.25, -0.2) is 0 Å². The van der Waals surface area contributed by atoms with Crippen LogP contribution in [0.25, 0.3) is 0 Å². The highest BCUT2D eigenvalue weighted by Crippen LogP contribution is 2.44. The van der Waals surface area contributed by atoms with Crippen molar-refractivity contribution in [2.75, 3.05) is 24.3 Å². The van der Waals surface area contributed by atoms with Gasteiger partial charge in [0.05, 0.1) is 5.41 Å². The van der Waals surface area contributed by atoms with E-state index in [1.165, 1.54) is 11.3 Å². The van der Waals surface area contributed by atoms with Crippen molar-refractivity contribution in [3.05, 3.63) is 59.7 Å². The molecule has 24 heavy (non-hydrogen) atoms. The Hall–Kier alpha value is -2.49. The summed E-state index contributed by atoms with van der Waals surface area (Å²) < 4.78 is 0. The van der Waals surface area contributed by atoms with Gasteiger partial charge in [0.1, 0.15) is 0 Å². The lowest BCUT2D eigenvalue weighted by molar-refractivity contribution is -0.147. The molecule has 0 bridgehead atoms. The molecule has 126 valence electrons. The van der Waals surface area contributed by atoms with Crippen LogP contribution in [-0.4, -0.2) is 25.2 Å². The van der Waals surface area contributed by atoms with Gasteiger partial charge in [-0.2, -0.15) is 0 Å². The number of anilines is 2. The molecule has 0 aromatic heterocycles. The third-order valence-electron chi connectivity index (χ3n) is 5.00. The monoisotopic (exact) mass is 324 g/mol. The Kier molecular flexibility index (Phi) is 4.47. The second-order valence-electron chi connectivity index (χ2n) is 6.73. The SMILES string of the molecule is CN(C)c1ccc(CNc2ccc(C3(C(=O)O)CCC3)cc2)cc1. The van der Waals surface area contributed by atoms with E-state index in [1.54, 1.807) is 0 Å². The van der Waals surface area contributed by atoms with Gasteiger partial charge in [-0.05, 0) is 48.2 Å². The van der Waals surface area contributed by atoms with Crippen molar-refractivity contribution in [1.82, 2.24) is 0 Å². The Balaban J connectivity index is 1.63. The number of rotatable bonds is 6. The average molecular weight is 324 g/mol. The van der Waals surface area contributed by atoms with E-state index in [2.05, 4.69) is 34.5 Å². The summed E-state index contributed by atoms with van der Waals surface area (Å²) in [5.74, 6) is -0.699.